The minimum Gasteiger partial charge on any atom is -0.481 e. The Labute approximate surface area is 321 Å². The number of likely N-dealkylation sites (N-methyl/N-ethyl adjacent to an activating group) is 1. The number of hydrogen-bond donors (Lipinski definition) is 7. The van der Waals surface area contributed by atoms with Crippen molar-refractivity contribution >= 4 is 11.8 Å². The second-order valence-electron chi connectivity index (χ2n) is 16.6. The molecule has 0 amide bonds. The van der Waals surface area contributed by atoms with Crippen LogP contribution in [-0.4, -0.2) is 172 Å². The Morgan fingerprint density at radius 1 is 1.04 bits per heavy atom. The number of ether oxygens (including phenoxy) is 6. The van der Waals surface area contributed by atoms with Gasteiger partial charge in [-0.2, -0.15) is 0 Å². The van der Waals surface area contributed by atoms with Crippen LogP contribution < -0.4 is 0 Å². The van der Waals surface area contributed by atoms with E-state index in [0.29, 0.717) is 6.42 Å². The number of carbonyl (C=O) groups excluding carboxylic acids is 1. The quantitative estimate of drug-likeness (QED) is 0.0858. The number of ketones is 1. The van der Waals surface area contributed by atoms with Gasteiger partial charge in [0.1, 0.15) is 29.5 Å². The van der Waals surface area contributed by atoms with Crippen LogP contribution in [0.5, 0.6) is 0 Å². The number of nitrogens with zero attached hydrogens (tertiary/aromatic N) is 1. The fraction of sp³-hybridized carbons (Fsp3) is 0.947. The molecule has 18 unspecified atom stereocenters. The van der Waals surface area contributed by atoms with E-state index in [1.807, 2.05) is 25.9 Å². The number of carbonyl (C=O) groups is 2. The van der Waals surface area contributed by atoms with Gasteiger partial charge in [-0.3, -0.25) is 9.59 Å². The first-order chi connectivity index (χ1) is 24.9. The van der Waals surface area contributed by atoms with Gasteiger partial charge in [-0.15, -0.1) is 0 Å². The molecule has 0 aromatic heterocycles. The molecule has 16 nitrogen and oxygen atoms in total. The van der Waals surface area contributed by atoms with Crippen LogP contribution in [0.2, 0.25) is 0 Å². The van der Waals surface area contributed by atoms with Crippen molar-refractivity contribution in [1.29, 1.82) is 0 Å². The Morgan fingerprint density at radius 3 is 2.11 bits per heavy atom. The summed E-state index contributed by atoms with van der Waals surface area (Å²) in [7, 11) is 6.48. The van der Waals surface area contributed by atoms with Gasteiger partial charge in [-0.05, 0) is 68.0 Å². The van der Waals surface area contributed by atoms with Crippen LogP contribution in [0.25, 0.3) is 0 Å². The minimum atomic E-state index is -1.98. The van der Waals surface area contributed by atoms with E-state index in [-0.39, 0.29) is 31.4 Å². The molecule has 2 rings (SSSR count). The van der Waals surface area contributed by atoms with Crippen LogP contribution in [-0.2, 0) is 38.0 Å². The number of Topliss-reactive ketones (excluding diaryl/α,β-unsaturated/α-hetero) is 1. The van der Waals surface area contributed by atoms with Crippen molar-refractivity contribution in [2.45, 2.75) is 172 Å². The Kier molecular flexibility index (Phi) is 17.9. The van der Waals surface area contributed by atoms with E-state index in [9.17, 15) is 45.3 Å². The molecule has 18 atom stereocenters. The molecule has 2 aliphatic heterocycles. The zero-order valence-corrected chi connectivity index (χ0v) is 34.5. The van der Waals surface area contributed by atoms with Crippen LogP contribution in [0, 0.1) is 23.7 Å². The van der Waals surface area contributed by atoms with Gasteiger partial charge < -0.3 is 69.1 Å². The minimum absolute atomic E-state index is 0.0117. The number of methoxy groups -OCH3 is 2. The van der Waals surface area contributed by atoms with E-state index < -0.39 is 114 Å². The number of hydrogen-bond acceptors (Lipinski definition) is 15. The summed E-state index contributed by atoms with van der Waals surface area (Å²) in [6, 6.07) is -0.371. The largest absolute Gasteiger partial charge is 0.481 e. The van der Waals surface area contributed by atoms with Crippen molar-refractivity contribution in [3.63, 3.8) is 0 Å². The third-order valence-electron chi connectivity index (χ3n) is 12.1. The lowest BCUT2D eigenvalue weighted by Gasteiger charge is -2.49. The molecule has 0 radical (unpaired) electrons. The van der Waals surface area contributed by atoms with Gasteiger partial charge in [0.25, 0.3) is 0 Å². The van der Waals surface area contributed by atoms with Crippen molar-refractivity contribution in [2.75, 3.05) is 34.9 Å². The third kappa shape index (κ3) is 11.0. The van der Waals surface area contributed by atoms with E-state index >= 15 is 0 Å². The summed E-state index contributed by atoms with van der Waals surface area (Å²) < 4.78 is 37.0. The molecule has 2 fully saturated rings. The Hall–Kier alpha value is -1.38. The standard InChI is InChI=1S/C38H71NO15/c1-14-26(41)38(9,48)31(44)21(4)28(42)19(2)16-37(8,50-13)33(54-35-29(43)25(39(10)11)15-20(3)51-35)22(5)30(24(18-40)34(46)47)53-27-17-36(7,49-12)32(45)23(6)52-27/h19-27,29-33,35,40-41,43-45,48H,14-18H2,1-13H3,(H,46,47). The van der Waals surface area contributed by atoms with Crippen molar-refractivity contribution in [3.05, 3.63) is 0 Å². The number of carboxylic acids is 1. The summed E-state index contributed by atoms with van der Waals surface area (Å²) in [4.78, 5) is 28.5. The van der Waals surface area contributed by atoms with Gasteiger partial charge in [0, 0.05) is 44.4 Å². The summed E-state index contributed by atoms with van der Waals surface area (Å²) in [5.74, 6) is -6.26. The molecular formula is C38H71NO15. The number of aliphatic hydroxyl groups excluding tert-OH is 5. The van der Waals surface area contributed by atoms with Gasteiger partial charge in [0.05, 0.1) is 54.4 Å². The highest BCUT2D eigenvalue weighted by Crippen LogP contribution is 2.41. The molecule has 0 aromatic carbocycles. The van der Waals surface area contributed by atoms with Gasteiger partial charge >= 0.3 is 5.97 Å². The SMILES string of the molecule is CCC(O)C(C)(O)C(O)C(C)C(=O)C(C)CC(C)(OC)C(OC1OC(C)CC(N(C)C)C1O)C(C)C(OC1CC(C)(OC)C(O)C(C)O1)C(CO)C(=O)O. The lowest BCUT2D eigenvalue weighted by Crippen LogP contribution is -2.61. The first kappa shape index (κ1) is 48.8. The topological polar surface area (TPSA) is 234 Å². The molecular weight excluding hydrogens is 710 g/mol. The van der Waals surface area contributed by atoms with E-state index in [2.05, 4.69) is 0 Å². The average molecular weight is 782 g/mol. The monoisotopic (exact) mass is 781 g/mol. The van der Waals surface area contributed by atoms with E-state index in [4.69, 9.17) is 28.4 Å². The molecule has 0 spiro atoms. The van der Waals surface area contributed by atoms with Crippen molar-refractivity contribution in [2.24, 2.45) is 23.7 Å². The Bertz CT molecular complexity index is 1190. The summed E-state index contributed by atoms with van der Waals surface area (Å²) >= 11 is 0. The van der Waals surface area contributed by atoms with Gasteiger partial charge in [0.15, 0.2) is 12.6 Å². The molecule has 0 aromatic rings. The molecule has 318 valence electrons. The fourth-order valence-electron chi connectivity index (χ4n) is 8.22. The number of rotatable bonds is 21. The van der Waals surface area contributed by atoms with Crippen molar-refractivity contribution < 1.29 is 73.8 Å². The van der Waals surface area contributed by atoms with Crippen LogP contribution in [0.3, 0.4) is 0 Å². The molecule has 0 aliphatic carbocycles. The van der Waals surface area contributed by atoms with E-state index in [1.165, 1.54) is 28.1 Å². The molecule has 54 heavy (non-hydrogen) atoms. The predicted molar refractivity (Wildman–Crippen MR) is 196 cm³/mol. The first-order valence-electron chi connectivity index (χ1n) is 19.1. The lowest BCUT2D eigenvalue weighted by atomic mass is 9.74. The summed E-state index contributed by atoms with van der Waals surface area (Å²) in [6.07, 6.45) is -10.4. The van der Waals surface area contributed by atoms with Crippen LogP contribution in [0.1, 0.15) is 88.0 Å². The summed E-state index contributed by atoms with van der Waals surface area (Å²) in [6.45, 7) is 13.7. The number of aliphatic hydroxyl groups is 6. The second kappa shape index (κ2) is 19.9. The molecule has 2 aliphatic rings. The molecule has 0 bridgehead atoms. The first-order valence-corrected chi connectivity index (χ1v) is 19.1. The second-order valence-corrected chi connectivity index (χ2v) is 16.6. The highest BCUT2D eigenvalue weighted by Gasteiger charge is 2.53. The van der Waals surface area contributed by atoms with Crippen LogP contribution in [0.4, 0.5) is 0 Å². The summed E-state index contributed by atoms with van der Waals surface area (Å²) in [5.41, 5.74) is -4.53. The smallest absolute Gasteiger partial charge is 0.311 e. The van der Waals surface area contributed by atoms with Gasteiger partial charge in [-0.1, -0.05) is 27.7 Å². The highest BCUT2D eigenvalue weighted by atomic mass is 16.7. The zero-order chi connectivity index (χ0) is 41.7. The van der Waals surface area contributed by atoms with Gasteiger partial charge in [-0.25, -0.2) is 0 Å². The molecule has 0 saturated carbocycles. The summed E-state index contributed by atoms with van der Waals surface area (Å²) in [5, 5.41) is 75.5. The number of aliphatic carboxylic acids is 1. The molecule has 7 N–H and O–H groups in total. The fourth-order valence-corrected chi connectivity index (χ4v) is 8.22. The van der Waals surface area contributed by atoms with Crippen molar-refractivity contribution in [1.82, 2.24) is 4.90 Å². The van der Waals surface area contributed by atoms with E-state index in [1.54, 1.807) is 41.5 Å². The molecule has 2 saturated heterocycles. The van der Waals surface area contributed by atoms with Crippen molar-refractivity contribution in [3.8, 4) is 0 Å². The van der Waals surface area contributed by atoms with E-state index in [0.717, 1.165) is 0 Å². The van der Waals surface area contributed by atoms with Crippen LogP contribution in [0.15, 0.2) is 0 Å². The normalized spacial score (nSPS) is 34.8. The Morgan fingerprint density at radius 2 is 1.63 bits per heavy atom. The third-order valence-corrected chi connectivity index (χ3v) is 12.1. The maximum atomic E-state index is 13.9. The van der Waals surface area contributed by atoms with Crippen LogP contribution >= 0.6 is 0 Å². The number of carboxylic acid groups (broad SMARTS) is 1. The molecule has 16 heteroatoms. The zero-order valence-electron chi connectivity index (χ0n) is 34.5. The Balaban J connectivity index is 2.67. The maximum Gasteiger partial charge on any atom is 0.311 e. The maximum absolute atomic E-state index is 13.9. The lowest BCUT2D eigenvalue weighted by molar-refractivity contribution is -0.319. The molecule has 2 heterocycles. The highest BCUT2D eigenvalue weighted by molar-refractivity contribution is 5.83. The average Bonchev–Trinajstić information content (AvgIpc) is 3.11. The van der Waals surface area contributed by atoms with Gasteiger partial charge in [0.2, 0.25) is 0 Å². The predicted octanol–water partition coefficient (Wildman–Crippen LogP) is 0.932.